The monoisotopic (exact) mass is 314 g/mol. The lowest BCUT2D eigenvalue weighted by Gasteiger charge is -2.29. The largest absolute Gasteiger partial charge is 0.471 e. The summed E-state index contributed by atoms with van der Waals surface area (Å²) in [6, 6.07) is 7.87. The molecule has 1 aliphatic heterocycles. The van der Waals surface area contributed by atoms with Gasteiger partial charge in [-0.15, -0.1) is 0 Å². The van der Waals surface area contributed by atoms with Crippen molar-refractivity contribution in [3.8, 4) is 0 Å². The summed E-state index contributed by atoms with van der Waals surface area (Å²) in [7, 11) is 1.18. The van der Waals surface area contributed by atoms with E-state index in [1.807, 2.05) is 24.3 Å². The highest BCUT2D eigenvalue weighted by molar-refractivity contribution is 5.81. The van der Waals surface area contributed by atoms with Gasteiger partial charge >= 0.3 is 12.1 Å². The molecule has 0 N–H and O–H groups in total. The second-order valence-electron chi connectivity index (χ2n) is 5.69. The lowest BCUT2D eigenvalue weighted by molar-refractivity contribution is -0.184. The van der Waals surface area contributed by atoms with Crippen molar-refractivity contribution in [1.29, 1.82) is 0 Å². The van der Waals surface area contributed by atoms with Crippen molar-refractivity contribution in [2.75, 3.05) is 31.6 Å². The summed E-state index contributed by atoms with van der Waals surface area (Å²) in [5, 5.41) is 0. The third kappa shape index (κ3) is 4.39. The zero-order chi connectivity index (χ0) is 16.2. The second-order valence-corrected chi connectivity index (χ2v) is 5.69. The molecule has 0 unspecified atom stereocenters. The van der Waals surface area contributed by atoms with E-state index in [0.29, 0.717) is 6.42 Å². The quantitative estimate of drug-likeness (QED) is 0.852. The van der Waals surface area contributed by atoms with Crippen molar-refractivity contribution in [3.05, 3.63) is 29.8 Å². The van der Waals surface area contributed by atoms with Crippen molar-refractivity contribution >= 4 is 11.6 Å². The molecule has 1 heterocycles. The van der Waals surface area contributed by atoms with E-state index in [1.54, 1.807) is 0 Å². The van der Waals surface area contributed by atoms with Crippen LogP contribution in [0.2, 0.25) is 0 Å². The number of likely N-dealkylation sites (N-methyl/N-ethyl adjacent to an activating group) is 1. The van der Waals surface area contributed by atoms with Crippen LogP contribution in [-0.4, -0.2) is 43.7 Å². The first kappa shape index (κ1) is 16.6. The van der Waals surface area contributed by atoms with Gasteiger partial charge in [0.2, 0.25) is 0 Å². The molecule has 0 saturated carbocycles. The van der Waals surface area contributed by atoms with Crippen LogP contribution < -0.4 is 4.90 Å². The van der Waals surface area contributed by atoms with Crippen LogP contribution in [0.5, 0.6) is 0 Å². The third-order valence-electron chi connectivity index (χ3n) is 3.98. The number of piperidine rings is 1. The number of rotatable bonds is 4. The summed E-state index contributed by atoms with van der Waals surface area (Å²) in [5.41, 5.74) is 2.09. The Bertz CT molecular complexity index is 493. The fourth-order valence-electron chi connectivity index (χ4n) is 2.64. The number of carbonyl (C=O) groups excluding carboxylic acids is 1. The minimum absolute atomic E-state index is 0.0569. The van der Waals surface area contributed by atoms with Gasteiger partial charge in [0, 0.05) is 32.4 Å². The van der Waals surface area contributed by atoms with Crippen molar-refractivity contribution in [1.82, 2.24) is 4.90 Å². The predicted octanol–water partition coefficient (Wildman–Crippen LogP) is 3.24. The minimum Gasteiger partial charge on any atom is -0.372 e. The standard InChI is InChI=1S/C16H21F3N2O/c1-20(15(22)16(17,18)19)12-9-13-5-7-14(8-6-13)21-10-3-2-4-11-21/h5-8H,2-4,9-12H2,1H3. The SMILES string of the molecule is CN(CCc1ccc(N2CCCCC2)cc1)C(=O)C(F)(F)F. The number of nitrogens with zero attached hydrogens (tertiary/aromatic N) is 2. The molecule has 22 heavy (non-hydrogen) atoms. The van der Waals surface area contributed by atoms with E-state index in [9.17, 15) is 18.0 Å². The molecule has 6 heteroatoms. The van der Waals surface area contributed by atoms with E-state index in [2.05, 4.69) is 4.90 Å². The maximum Gasteiger partial charge on any atom is 0.471 e. The van der Waals surface area contributed by atoms with Crippen molar-refractivity contribution in [2.45, 2.75) is 31.9 Å². The summed E-state index contributed by atoms with van der Waals surface area (Å²) in [4.78, 5) is 14.1. The Kier molecular flexibility index (Phi) is 5.32. The zero-order valence-corrected chi connectivity index (χ0v) is 12.7. The molecule has 2 rings (SSSR count). The number of amides is 1. The van der Waals surface area contributed by atoms with Crippen molar-refractivity contribution in [3.63, 3.8) is 0 Å². The van der Waals surface area contributed by atoms with E-state index >= 15 is 0 Å². The van der Waals surface area contributed by atoms with Crippen LogP contribution in [0.3, 0.4) is 0 Å². The summed E-state index contributed by atoms with van der Waals surface area (Å²) < 4.78 is 36.9. The Morgan fingerprint density at radius 3 is 2.27 bits per heavy atom. The van der Waals surface area contributed by atoms with Crippen LogP contribution in [0, 0.1) is 0 Å². The fourth-order valence-corrected chi connectivity index (χ4v) is 2.64. The summed E-state index contributed by atoms with van der Waals surface area (Å²) in [6.45, 7) is 2.17. The van der Waals surface area contributed by atoms with E-state index in [4.69, 9.17) is 0 Å². The maximum atomic E-state index is 12.3. The van der Waals surface area contributed by atoms with Crippen LogP contribution in [0.1, 0.15) is 24.8 Å². The van der Waals surface area contributed by atoms with E-state index in [0.717, 1.165) is 29.2 Å². The van der Waals surface area contributed by atoms with Gasteiger partial charge in [-0.3, -0.25) is 4.79 Å². The molecule has 1 saturated heterocycles. The molecule has 0 bridgehead atoms. The third-order valence-corrected chi connectivity index (χ3v) is 3.98. The number of halogens is 3. The van der Waals surface area contributed by atoms with Gasteiger partial charge < -0.3 is 9.80 Å². The van der Waals surface area contributed by atoms with Crippen LogP contribution in [0.25, 0.3) is 0 Å². The molecule has 0 atom stereocenters. The first-order valence-corrected chi connectivity index (χ1v) is 7.54. The fraction of sp³-hybridized carbons (Fsp3) is 0.562. The normalized spacial score (nSPS) is 15.7. The Hall–Kier alpha value is -1.72. The first-order chi connectivity index (χ1) is 10.4. The van der Waals surface area contributed by atoms with Gasteiger partial charge in [-0.05, 0) is 43.4 Å². The number of carbonyl (C=O) groups is 1. The first-order valence-electron chi connectivity index (χ1n) is 7.54. The Labute approximate surface area is 128 Å². The smallest absolute Gasteiger partial charge is 0.372 e. The summed E-state index contributed by atoms with van der Waals surface area (Å²) in [6.07, 6.45) is -0.710. The van der Waals surface area contributed by atoms with E-state index in [1.165, 1.54) is 26.3 Å². The average molecular weight is 314 g/mol. The van der Waals surface area contributed by atoms with Crippen LogP contribution in [0.4, 0.5) is 18.9 Å². The van der Waals surface area contributed by atoms with Gasteiger partial charge in [0.25, 0.3) is 0 Å². The average Bonchev–Trinajstić information content (AvgIpc) is 2.52. The number of alkyl halides is 3. The van der Waals surface area contributed by atoms with E-state index < -0.39 is 12.1 Å². The highest BCUT2D eigenvalue weighted by Crippen LogP contribution is 2.21. The van der Waals surface area contributed by atoms with Crippen molar-refractivity contribution in [2.24, 2.45) is 0 Å². The van der Waals surface area contributed by atoms with E-state index in [-0.39, 0.29) is 6.54 Å². The predicted molar refractivity (Wildman–Crippen MR) is 79.9 cm³/mol. The highest BCUT2D eigenvalue weighted by atomic mass is 19.4. The van der Waals surface area contributed by atoms with Gasteiger partial charge in [-0.25, -0.2) is 0 Å². The molecule has 0 aliphatic carbocycles. The Balaban J connectivity index is 1.87. The molecule has 3 nitrogen and oxygen atoms in total. The topological polar surface area (TPSA) is 23.6 Å². The van der Waals surface area contributed by atoms with Crippen LogP contribution in [-0.2, 0) is 11.2 Å². The summed E-state index contributed by atoms with van der Waals surface area (Å²) in [5.74, 6) is -1.79. The summed E-state index contributed by atoms with van der Waals surface area (Å²) >= 11 is 0. The van der Waals surface area contributed by atoms with Gasteiger partial charge in [-0.2, -0.15) is 13.2 Å². The lowest BCUT2D eigenvalue weighted by atomic mass is 10.1. The Morgan fingerprint density at radius 2 is 1.73 bits per heavy atom. The maximum absolute atomic E-state index is 12.3. The molecule has 0 radical (unpaired) electrons. The Morgan fingerprint density at radius 1 is 1.14 bits per heavy atom. The second kappa shape index (κ2) is 7.03. The zero-order valence-electron chi connectivity index (χ0n) is 12.7. The van der Waals surface area contributed by atoms with Gasteiger partial charge in [0.05, 0.1) is 0 Å². The molecule has 122 valence electrons. The van der Waals surface area contributed by atoms with Gasteiger partial charge in [0.1, 0.15) is 0 Å². The van der Waals surface area contributed by atoms with Gasteiger partial charge in [-0.1, -0.05) is 12.1 Å². The molecular formula is C16H21F3N2O. The number of benzene rings is 1. The molecule has 1 aromatic rings. The molecule has 1 aromatic carbocycles. The molecule has 0 spiro atoms. The van der Waals surface area contributed by atoms with Crippen molar-refractivity contribution < 1.29 is 18.0 Å². The lowest BCUT2D eigenvalue weighted by Crippen LogP contribution is -2.39. The van der Waals surface area contributed by atoms with Gasteiger partial charge in [0.15, 0.2) is 0 Å². The molecule has 0 aromatic heterocycles. The van der Waals surface area contributed by atoms with Crippen LogP contribution in [0.15, 0.2) is 24.3 Å². The van der Waals surface area contributed by atoms with Crippen LogP contribution >= 0.6 is 0 Å². The molecule has 1 amide bonds. The molecular weight excluding hydrogens is 293 g/mol. The highest BCUT2D eigenvalue weighted by Gasteiger charge is 2.40. The molecule has 1 aliphatic rings. The molecule has 1 fully saturated rings. The number of hydrogen-bond acceptors (Lipinski definition) is 2. The minimum atomic E-state index is -4.80. The number of anilines is 1. The number of hydrogen-bond donors (Lipinski definition) is 0.